The van der Waals surface area contributed by atoms with Crippen molar-refractivity contribution in [2.75, 3.05) is 17.7 Å². The van der Waals surface area contributed by atoms with E-state index >= 15 is 0 Å². The molecule has 0 saturated carbocycles. The summed E-state index contributed by atoms with van der Waals surface area (Å²) >= 11 is 12.7. The molecule has 0 radical (unpaired) electrons. The molecule has 2 N–H and O–H groups in total. The molecule has 0 aliphatic rings. The highest BCUT2D eigenvalue weighted by molar-refractivity contribution is 7.80. The Bertz CT molecular complexity index is 1040. The molecule has 1 aromatic carbocycles. The van der Waals surface area contributed by atoms with Crippen molar-refractivity contribution in [3.63, 3.8) is 0 Å². The number of hydrogen-bond donors (Lipinski definition) is 2. The third-order valence-corrected chi connectivity index (χ3v) is 5.12. The second-order valence-electron chi connectivity index (χ2n) is 5.67. The summed E-state index contributed by atoms with van der Waals surface area (Å²) in [5.41, 5.74) is 1.11. The molecule has 0 amide bonds. The van der Waals surface area contributed by atoms with Crippen LogP contribution in [0.4, 0.5) is 15.3 Å². The van der Waals surface area contributed by atoms with Gasteiger partial charge in [0, 0.05) is 9.90 Å². The molecule has 146 valence electrons. The van der Waals surface area contributed by atoms with E-state index in [1.165, 1.54) is 36.9 Å². The lowest BCUT2D eigenvalue weighted by molar-refractivity contribution is 0.0602. The highest BCUT2D eigenvalue weighted by Gasteiger charge is 2.16. The Morgan fingerprint density at radius 2 is 2.18 bits per heavy atom. The van der Waals surface area contributed by atoms with Crippen LogP contribution in [0.25, 0.3) is 0 Å². The van der Waals surface area contributed by atoms with E-state index in [4.69, 9.17) is 28.6 Å². The van der Waals surface area contributed by atoms with E-state index in [0.717, 1.165) is 4.88 Å². The number of halogens is 2. The molecule has 0 unspecified atom stereocenters. The summed E-state index contributed by atoms with van der Waals surface area (Å²) in [4.78, 5) is 16.9. The number of carbonyl (C=O) groups excluding carboxylic acids is 1. The number of methoxy groups -OCH3 is 1. The molecule has 0 fully saturated rings. The average molecular weight is 440 g/mol. The molecule has 2 heterocycles. The SMILES string of the molecule is COC(=O)c1cc(C)sc1NC(=S)Nc1ncn(Cc2ccc(F)cc2Cl)n1. The van der Waals surface area contributed by atoms with Gasteiger partial charge in [0.1, 0.15) is 17.1 Å². The van der Waals surface area contributed by atoms with Gasteiger partial charge in [-0.2, -0.15) is 0 Å². The summed E-state index contributed by atoms with van der Waals surface area (Å²) in [6.45, 7) is 2.20. The number of thiocarbonyl (C=S) groups is 1. The first-order valence-electron chi connectivity index (χ1n) is 7.96. The fraction of sp³-hybridized carbons (Fsp3) is 0.176. The van der Waals surface area contributed by atoms with Crippen LogP contribution in [-0.4, -0.2) is 33.0 Å². The second-order valence-corrected chi connectivity index (χ2v) is 7.74. The summed E-state index contributed by atoms with van der Waals surface area (Å²) < 4.78 is 19.4. The van der Waals surface area contributed by atoms with Gasteiger partial charge >= 0.3 is 5.97 Å². The predicted molar refractivity (Wildman–Crippen MR) is 111 cm³/mol. The van der Waals surface area contributed by atoms with Crippen LogP contribution >= 0.6 is 35.2 Å². The summed E-state index contributed by atoms with van der Waals surface area (Å²) in [7, 11) is 1.32. The number of carbonyl (C=O) groups is 1. The minimum absolute atomic E-state index is 0.226. The van der Waals surface area contributed by atoms with Crippen molar-refractivity contribution in [2.45, 2.75) is 13.5 Å². The molecule has 0 aliphatic heterocycles. The first-order chi connectivity index (χ1) is 13.4. The Hall–Kier alpha value is -2.56. The number of nitrogens with zero attached hydrogens (tertiary/aromatic N) is 3. The molecule has 0 saturated heterocycles. The molecule has 2 aromatic heterocycles. The number of hydrogen-bond acceptors (Lipinski definition) is 6. The number of esters is 1. The zero-order valence-corrected chi connectivity index (χ0v) is 17.2. The number of nitrogens with one attached hydrogen (secondary N) is 2. The van der Waals surface area contributed by atoms with Crippen molar-refractivity contribution >= 4 is 57.2 Å². The van der Waals surface area contributed by atoms with Crippen molar-refractivity contribution in [3.05, 3.63) is 57.4 Å². The third-order valence-electron chi connectivity index (χ3n) is 3.60. The van der Waals surface area contributed by atoms with Crippen molar-refractivity contribution < 1.29 is 13.9 Å². The van der Waals surface area contributed by atoms with E-state index in [0.29, 0.717) is 27.7 Å². The number of benzene rings is 1. The van der Waals surface area contributed by atoms with Gasteiger partial charge in [0.2, 0.25) is 5.95 Å². The van der Waals surface area contributed by atoms with Gasteiger partial charge < -0.3 is 10.1 Å². The van der Waals surface area contributed by atoms with E-state index in [1.54, 1.807) is 16.8 Å². The maximum atomic E-state index is 13.1. The van der Waals surface area contributed by atoms with Crippen LogP contribution in [0.3, 0.4) is 0 Å². The fourth-order valence-electron chi connectivity index (χ4n) is 2.36. The van der Waals surface area contributed by atoms with E-state index in [9.17, 15) is 9.18 Å². The number of ether oxygens (including phenoxy) is 1. The smallest absolute Gasteiger partial charge is 0.340 e. The molecule has 11 heteroatoms. The van der Waals surface area contributed by atoms with Crippen molar-refractivity contribution in [1.82, 2.24) is 14.8 Å². The number of aromatic nitrogens is 3. The first-order valence-corrected chi connectivity index (χ1v) is 9.56. The Labute approximate surface area is 174 Å². The lowest BCUT2D eigenvalue weighted by Gasteiger charge is -2.08. The Morgan fingerprint density at radius 1 is 1.39 bits per heavy atom. The molecule has 3 aromatic rings. The predicted octanol–water partition coefficient (Wildman–Crippen LogP) is 4.08. The Balaban J connectivity index is 1.65. The third kappa shape index (κ3) is 4.83. The van der Waals surface area contributed by atoms with Gasteiger partial charge in [-0.3, -0.25) is 5.32 Å². The summed E-state index contributed by atoms with van der Waals surface area (Å²) in [6.07, 6.45) is 1.50. The normalized spacial score (nSPS) is 10.6. The first kappa shape index (κ1) is 20.2. The molecular weight excluding hydrogens is 425 g/mol. The van der Waals surface area contributed by atoms with Crippen LogP contribution in [0.1, 0.15) is 20.8 Å². The highest BCUT2D eigenvalue weighted by Crippen LogP contribution is 2.28. The number of rotatable bonds is 5. The van der Waals surface area contributed by atoms with Gasteiger partial charge in [0.25, 0.3) is 0 Å². The number of thiophene rings is 1. The van der Waals surface area contributed by atoms with Crippen LogP contribution in [0.5, 0.6) is 0 Å². The topological polar surface area (TPSA) is 81.1 Å². The summed E-state index contributed by atoms with van der Waals surface area (Å²) in [5, 5.41) is 11.2. The lowest BCUT2D eigenvalue weighted by Crippen LogP contribution is -2.20. The molecular formula is C17H15ClFN5O2S2. The van der Waals surface area contributed by atoms with Gasteiger partial charge in [0.15, 0.2) is 5.11 Å². The monoisotopic (exact) mass is 439 g/mol. The zero-order chi connectivity index (χ0) is 20.3. The molecule has 3 rings (SSSR count). The second kappa shape index (κ2) is 8.63. The van der Waals surface area contributed by atoms with Gasteiger partial charge in [-0.15, -0.1) is 16.4 Å². The van der Waals surface area contributed by atoms with Crippen molar-refractivity contribution in [1.29, 1.82) is 0 Å². The Morgan fingerprint density at radius 3 is 2.89 bits per heavy atom. The van der Waals surface area contributed by atoms with Crippen LogP contribution < -0.4 is 10.6 Å². The fourth-order valence-corrected chi connectivity index (χ4v) is 3.75. The van der Waals surface area contributed by atoms with E-state index in [1.807, 2.05) is 6.92 Å². The van der Waals surface area contributed by atoms with Crippen LogP contribution in [0.2, 0.25) is 5.02 Å². The maximum absolute atomic E-state index is 13.1. The minimum atomic E-state index is -0.451. The molecule has 0 spiro atoms. The van der Waals surface area contributed by atoms with Gasteiger partial charge in [-0.25, -0.2) is 18.9 Å². The average Bonchev–Trinajstić information content (AvgIpc) is 3.22. The quantitative estimate of drug-likeness (QED) is 0.457. The van der Waals surface area contributed by atoms with E-state index in [-0.39, 0.29) is 11.1 Å². The van der Waals surface area contributed by atoms with Gasteiger partial charge in [0.05, 0.1) is 19.2 Å². The van der Waals surface area contributed by atoms with Gasteiger partial charge in [-0.05, 0) is 42.9 Å². The summed E-state index contributed by atoms with van der Waals surface area (Å²) in [5.74, 6) is -0.585. The van der Waals surface area contributed by atoms with Gasteiger partial charge in [-0.1, -0.05) is 17.7 Å². The minimum Gasteiger partial charge on any atom is -0.465 e. The lowest BCUT2D eigenvalue weighted by atomic mass is 10.2. The standard InChI is InChI=1S/C17H15ClFN5O2S2/c1-9-5-12(15(25)26-2)14(28-9)21-17(27)22-16-20-8-24(23-16)7-10-3-4-11(19)6-13(10)18/h3-6,8H,7H2,1-2H3,(H2,21,22,23,27). The molecule has 0 bridgehead atoms. The highest BCUT2D eigenvalue weighted by atomic mass is 35.5. The Kier molecular flexibility index (Phi) is 6.22. The number of anilines is 2. The van der Waals surface area contributed by atoms with Crippen LogP contribution in [-0.2, 0) is 11.3 Å². The van der Waals surface area contributed by atoms with Crippen molar-refractivity contribution in [2.24, 2.45) is 0 Å². The maximum Gasteiger partial charge on any atom is 0.340 e. The van der Waals surface area contributed by atoms with E-state index in [2.05, 4.69) is 20.7 Å². The molecule has 0 aliphatic carbocycles. The molecule has 28 heavy (non-hydrogen) atoms. The largest absolute Gasteiger partial charge is 0.465 e. The zero-order valence-electron chi connectivity index (χ0n) is 14.8. The summed E-state index contributed by atoms with van der Waals surface area (Å²) in [6, 6.07) is 5.89. The van der Waals surface area contributed by atoms with Crippen LogP contribution in [0, 0.1) is 12.7 Å². The molecule has 0 atom stereocenters. The van der Waals surface area contributed by atoms with Crippen LogP contribution in [0.15, 0.2) is 30.6 Å². The number of aryl methyl sites for hydroxylation is 1. The molecule has 7 nitrogen and oxygen atoms in total. The van der Waals surface area contributed by atoms with Crippen molar-refractivity contribution in [3.8, 4) is 0 Å². The van der Waals surface area contributed by atoms with E-state index < -0.39 is 11.8 Å².